The maximum atomic E-state index is 13.5. The fourth-order valence-corrected chi connectivity index (χ4v) is 2.99. The highest BCUT2D eigenvalue weighted by molar-refractivity contribution is 7.13. The topological polar surface area (TPSA) is 87.7 Å². The van der Waals surface area contributed by atoms with Gasteiger partial charge in [0.15, 0.2) is 5.13 Å². The van der Waals surface area contributed by atoms with Crippen molar-refractivity contribution in [3.05, 3.63) is 77.0 Å². The zero-order valence-electron chi connectivity index (χ0n) is 13.7. The molecule has 0 fully saturated rings. The standard InChI is InChI=1S/C19H12FN3O3S/c20-12-2-1-3-13(9-12)22-18-15(17(25)23-19-21-6-7-27-19)8-11-4-5-14(24)10-16(11)26-18/h1-10,24H,(H,21,23,25). The van der Waals surface area contributed by atoms with E-state index >= 15 is 0 Å². The molecule has 0 saturated carbocycles. The van der Waals surface area contributed by atoms with Crippen molar-refractivity contribution in [3.8, 4) is 5.75 Å². The molecule has 0 bridgehead atoms. The van der Waals surface area contributed by atoms with Gasteiger partial charge in [0.1, 0.15) is 22.7 Å². The summed E-state index contributed by atoms with van der Waals surface area (Å²) in [5, 5.41) is 15.1. The molecular weight excluding hydrogens is 369 g/mol. The number of phenolic OH excluding ortho intramolecular Hbond substituents is 1. The van der Waals surface area contributed by atoms with Crippen LogP contribution in [0.3, 0.4) is 0 Å². The van der Waals surface area contributed by atoms with Crippen LogP contribution >= 0.6 is 11.3 Å². The van der Waals surface area contributed by atoms with E-state index in [4.69, 9.17) is 4.42 Å². The number of nitrogens with zero attached hydrogens (tertiary/aromatic N) is 2. The molecule has 4 rings (SSSR count). The number of hydrogen-bond acceptors (Lipinski definition) is 6. The summed E-state index contributed by atoms with van der Waals surface area (Å²) in [6, 6.07) is 11.8. The number of hydrogen-bond donors (Lipinski definition) is 2. The average Bonchev–Trinajstić information content (AvgIpc) is 3.14. The smallest absolute Gasteiger partial charge is 0.262 e. The largest absolute Gasteiger partial charge is 0.508 e. The minimum atomic E-state index is -0.459. The van der Waals surface area contributed by atoms with E-state index in [2.05, 4.69) is 15.3 Å². The summed E-state index contributed by atoms with van der Waals surface area (Å²) in [4.78, 5) is 21.0. The third-order valence-corrected chi connectivity index (χ3v) is 4.36. The lowest BCUT2D eigenvalue weighted by Gasteiger charge is -2.05. The lowest BCUT2D eigenvalue weighted by Crippen LogP contribution is -2.21. The number of carbonyl (C=O) groups excluding carboxylic acids is 1. The van der Waals surface area contributed by atoms with Gasteiger partial charge in [-0.15, -0.1) is 11.3 Å². The van der Waals surface area contributed by atoms with Crippen LogP contribution in [0.5, 0.6) is 5.75 Å². The number of phenols is 1. The first kappa shape index (κ1) is 16.9. The van der Waals surface area contributed by atoms with Crippen molar-refractivity contribution in [2.24, 2.45) is 4.99 Å². The lowest BCUT2D eigenvalue weighted by atomic mass is 10.1. The van der Waals surface area contributed by atoms with Crippen molar-refractivity contribution < 1.29 is 18.7 Å². The van der Waals surface area contributed by atoms with Crippen molar-refractivity contribution in [1.82, 2.24) is 4.98 Å². The van der Waals surface area contributed by atoms with Gasteiger partial charge in [-0.05, 0) is 36.4 Å². The summed E-state index contributed by atoms with van der Waals surface area (Å²) in [5.41, 5.74) is 0.790. The third-order valence-electron chi connectivity index (χ3n) is 3.67. The quantitative estimate of drug-likeness (QED) is 0.556. The Morgan fingerprint density at radius 3 is 2.89 bits per heavy atom. The maximum Gasteiger partial charge on any atom is 0.262 e. The van der Waals surface area contributed by atoms with Crippen LogP contribution < -0.4 is 10.9 Å². The first-order valence-corrected chi connectivity index (χ1v) is 8.74. The molecule has 0 aliphatic heterocycles. The molecule has 0 aliphatic rings. The third kappa shape index (κ3) is 3.70. The van der Waals surface area contributed by atoms with Crippen LogP contribution in [0.15, 0.2) is 69.5 Å². The van der Waals surface area contributed by atoms with Gasteiger partial charge in [-0.2, -0.15) is 0 Å². The molecule has 4 aromatic rings. The van der Waals surface area contributed by atoms with E-state index in [0.717, 1.165) is 0 Å². The Bertz CT molecular complexity index is 1200. The molecule has 27 heavy (non-hydrogen) atoms. The Balaban J connectivity index is 1.89. The fourth-order valence-electron chi connectivity index (χ4n) is 2.47. The molecule has 0 aliphatic carbocycles. The van der Waals surface area contributed by atoms with E-state index in [1.807, 2.05) is 0 Å². The highest BCUT2D eigenvalue weighted by Gasteiger charge is 2.14. The average molecular weight is 381 g/mol. The number of carbonyl (C=O) groups is 1. The van der Waals surface area contributed by atoms with Crippen LogP contribution in [-0.2, 0) is 0 Å². The Labute approximate surface area is 156 Å². The molecule has 8 heteroatoms. The van der Waals surface area contributed by atoms with Crippen molar-refractivity contribution >= 4 is 39.0 Å². The lowest BCUT2D eigenvalue weighted by molar-refractivity contribution is 0.102. The molecule has 0 unspecified atom stereocenters. The van der Waals surface area contributed by atoms with Crippen LogP contribution in [-0.4, -0.2) is 16.0 Å². The molecule has 0 spiro atoms. The zero-order chi connectivity index (χ0) is 18.8. The summed E-state index contributed by atoms with van der Waals surface area (Å²) in [6.45, 7) is 0. The van der Waals surface area contributed by atoms with E-state index in [0.29, 0.717) is 21.8 Å². The van der Waals surface area contributed by atoms with Crippen molar-refractivity contribution in [3.63, 3.8) is 0 Å². The normalized spacial score (nSPS) is 11.7. The van der Waals surface area contributed by atoms with Gasteiger partial charge in [0.2, 0.25) is 5.55 Å². The number of benzene rings is 2. The van der Waals surface area contributed by atoms with Gasteiger partial charge in [-0.3, -0.25) is 10.1 Å². The molecule has 134 valence electrons. The summed E-state index contributed by atoms with van der Waals surface area (Å²) in [6.07, 6.45) is 1.58. The molecule has 1 amide bonds. The van der Waals surface area contributed by atoms with Crippen molar-refractivity contribution in [2.45, 2.75) is 0 Å². The Kier molecular flexibility index (Phi) is 4.39. The van der Waals surface area contributed by atoms with Crippen LogP contribution in [0.4, 0.5) is 15.2 Å². The minimum absolute atomic E-state index is 0.00671. The van der Waals surface area contributed by atoms with E-state index in [-0.39, 0.29) is 16.9 Å². The maximum absolute atomic E-state index is 13.5. The number of nitrogens with one attached hydrogen (secondary N) is 1. The molecule has 2 heterocycles. The van der Waals surface area contributed by atoms with E-state index in [9.17, 15) is 14.3 Å². The molecule has 6 nitrogen and oxygen atoms in total. The summed E-state index contributed by atoms with van der Waals surface area (Å²) >= 11 is 1.28. The zero-order valence-corrected chi connectivity index (χ0v) is 14.5. The number of thiazole rings is 1. The number of aromatic hydroxyl groups is 1. The predicted molar refractivity (Wildman–Crippen MR) is 99.6 cm³/mol. The number of aromatic nitrogens is 1. The molecular formula is C19H12FN3O3S. The van der Waals surface area contributed by atoms with E-state index in [1.54, 1.807) is 29.8 Å². The number of fused-ring (bicyclic) bond motifs is 1. The molecule has 2 aromatic carbocycles. The first-order chi connectivity index (χ1) is 13.1. The molecule has 0 saturated heterocycles. The second-order valence-corrected chi connectivity index (χ2v) is 6.46. The monoisotopic (exact) mass is 381 g/mol. The number of rotatable bonds is 3. The van der Waals surface area contributed by atoms with Gasteiger partial charge < -0.3 is 9.52 Å². The minimum Gasteiger partial charge on any atom is -0.508 e. The van der Waals surface area contributed by atoms with Crippen molar-refractivity contribution in [2.75, 3.05) is 5.32 Å². The van der Waals surface area contributed by atoms with Crippen LogP contribution in [0.25, 0.3) is 11.0 Å². The van der Waals surface area contributed by atoms with Gasteiger partial charge in [0.25, 0.3) is 5.91 Å². The summed E-state index contributed by atoms with van der Waals surface area (Å²) in [5.74, 6) is -0.898. The van der Waals surface area contributed by atoms with Gasteiger partial charge in [0, 0.05) is 23.0 Å². The van der Waals surface area contributed by atoms with Gasteiger partial charge in [-0.25, -0.2) is 14.4 Å². The highest BCUT2D eigenvalue weighted by Crippen LogP contribution is 2.21. The number of amides is 1. The number of anilines is 1. The second kappa shape index (κ2) is 7.00. The van der Waals surface area contributed by atoms with Gasteiger partial charge in [0.05, 0.1) is 5.69 Å². The molecule has 0 atom stereocenters. The van der Waals surface area contributed by atoms with Crippen LogP contribution in [0.2, 0.25) is 0 Å². The molecule has 2 aromatic heterocycles. The van der Waals surface area contributed by atoms with E-state index in [1.165, 1.54) is 41.7 Å². The summed E-state index contributed by atoms with van der Waals surface area (Å²) in [7, 11) is 0. The van der Waals surface area contributed by atoms with Crippen molar-refractivity contribution in [1.29, 1.82) is 0 Å². The molecule has 2 N–H and O–H groups in total. The summed E-state index contributed by atoms with van der Waals surface area (Å²) < 4.78 is 19.2. The van der Waals surface area contributed by atoms with Gasteiger partial charge in [-0.1, -0.05) is 6.07 Å². The highest BCUT2D eigenvalue weighted by atomic mass is 32.1. The second-order valence-electron chi connectivity index (χ2n) is 5.57. The Morgan fingerprint density at radius 2 is 2.11 bits per heavy atom. The SMILES string of the molecule is O=C(Nc1nccs1)c1cc2ccc(O)cc2oc1=Nc1cccc(F)c1. The molecule has 0 radical (unpaired) electrons. The van der Waals surface area contributed by atoms with Crippen LogP contribution in [0, 0.1) is 5.82 Å². The van der Waals surface area contributed by atoms with Gasteiger partial charge >= 0.3 is 0 Å². The Hall–Kier alpha value is -3.52. The van der Waals surface area contributed by atoms with E-state index < -0.39 is 11.7 Å². The van der Waals surface area contributed by atoms with Crippen LogP contribution in [0.1, 0.15) is 10.4 Å². The Morgan fingerprint density at radius 1 is 1.22 bits per heavy atom. The fraction of sp³-hybridized carbons (Fsp3) is 0. The first-order valence-electron chi connectivity index (χ1n) is 7.86. The predicted octanol–water partition coefficient (Wildman–Crippen LogP) is 4.22. The number of halogens is 1.